The molecule has 0 aliphatic rings. The minimum Gasteiger partial charge on any atom is -0.451 e. The summed E-state index contributed by atoms with van der Waals surface area (Å²) in [5.74, 6) is -0.205. The fraction of sp³-hybridized carbons (Fsp3) is 0.0800. The van der Waals surface area contributed by atoms with E-state index >= 15 is 0 Å². The monoisotopic (exact) mass is 458 g/mol. The Bertz CT molecular complexity index is 1440. The quantitative estimate of drug-likeness (QED) is 0.381. The van der Waals surface area contributed by atoms with E-state index in [1.54, 1.807) is 42.6 Å². The zero-order valence-electron chi connectivity index (χ0n) is 17.4. The zero-order valence-corrected chi connectivity index (χ0v) is 18.2. The Balaban J connectivity index is 1.16. The molecule has 0 radical (unpaired) electrons. The van der Waals surface area contributed by atoms with Crippen LogP contribution >= 0.6 is 11.6 Å². The summed E-state index contributed by atoms with van der Waals surface area (Å²) in [4.78, 5) is 29.3. The first-order valence-corrected chi connectivity index (χ1v) is 10.7. The van der Waals surface area contributed by atoms with Crippen LogP contribution in [-0.4, -0.2) is 21.2 Å². The summed E-state index contributed by atoms with van der Waals surface area (Å²) in [7, 11) is 0. The number of pyridine rings is 1. The zero-order chi connectivity index (χ0) is 22.8. The molecule has 3 heterocycles. The molecule has 2 N–H and O–H groups in total. The minimum atomic E-state index is -0.328. The van der Waals surface area contributed by atoms with Crippen LogP contribution in [0.1, 0.15) is 21.8 Å². The van der Waals surface area contributed by atoms with Gasteiger partial charge < -0.3 is 19.5 Å². The number of aromatic nitrogens is 2. The highest BCUT2D eigenvalue weighted by Gasteiger charge is 2.13. The fourth-order valence-electron chi connectivity index (χ4n) is 3.53. The van der Waals surface area contributed by atoms with Crippen molar-refractivity contribution < 1.29 is 14.0 Å². The van der Waals surface area contributed by atoms with Crippen LogP contribution in [0.3, 0.4) is 0 Å². The molecule has 0 bridgehead atoms. The van der Waals surface area contributed by atoms with Crippen LogP contribution in [0, 0.1) is 0 Å². The van der Waals surface area contributed by atoms with Gasteiger partial charge in [-0.1, -0.05) is 41.9 Å². The molecule has 5 aromatic rings. The number of rotatable bonds is 6. The highest BCUT2D eigenvalue weighted by Crippen LogP contribution is 2.20. The van der Waals surface area contributed by atoms with Crippen molar-refractivity contribution in [1.29, 1.82) is 0 Å². The highest BCUT2D eigenvalue weighted by molar-refractivity contribution is 6.30. The van der Waals surface area contributed by atoms with Gasteiger partial charge in [-0.3, -0.25) is 9.59 Å². The van der Waals surface area contributed by atoms with Gasteiger partial charge in [0.15, 0.2) is 5.76 Å². The summed E-state index contributed by atoms with van der Waals surface area (Å²) in [6, 6.07) is 19.9. The van der Waals surface area contributed by atoms with Gasteiger partial charge in [0.2, 0.25) is 5.91 Å². The van der Waals surface area contributed by atoms with Crippen LogP contribution in [0.5, 0.6) is 0 Å². The van der Waals surface area contributed by atoms with Crippen molar-refractivity contribution in [1.82, 2.24) is 14.7 Å². The van der Waals surface area contributed by atoms with E-state index in [4.69, 9.17) is 16.0 Å². The number of nitrogens with zero attached hydrogens (tertiary/aromatic N) is 2. The van der Waals surface area contributed by atoms with Crippen LogP contribution in [0.25, 0.3) is 16.6 Å². The highest BCUT2D eigenvalue weighted by atomic mass is 35.5. The summed E-state index contributed by atoms with van der Waals surface area (Å²) >= 11 is 5.99. The minimum absolute atomic E-state index is 0.121. The number of benzene rings is 2. The van der Waals surface area contributed by atoms with Gasteiger partial charge in [-0.2, -0.15) is 0 Å². The van der Waals surface area contributed by atoms with Gasteiger partial charge in [-0.25, -0.2) is 4.98 Å². The Morgan fingerprint density at radius 1 is 1.00 bits per heavy atom. The number of para-hydroxylation sites is 1. The molecule has 0 unspecified atom stereocenters. The van der Waals surface area contributed by atoms with Crippen molar-refractivity contribution in [2.45, 2.75) is 13.0 Å². The van der Waals surface area contributed by atoms with Crippen molar-refractivity contribution in [3.63, 3.8) is 0 Å². The van der Waals surface area contributed by atoms with Crippen LogP contribution in [0.15, 0.2) is 83.5 Å². The summed E-state index contributed by atoms with van der Waals surface area (Å²) in [5, 5.41) is 7.17. The Morgan fingerprint density at radius 3 is 2.64 bits per heavy atom. The molecule has 0 atom stereocenters. The molecule has 164 valence electrons. The topological polar surface area (TPSA) is 88.6 Å². The Morgan fingerprint density at radius 2 is 1.82 bits per heavy atom. The molecule has 2 amide bonds. The average Bonchev–Trinajstić information content (AvgIpc) is 3.42. The average molecular weight is 459 g/mol. The van der Waals surface area contributed by atoms with E-state index in [1.807, 2.05) is 40.9 Å². The van der Waals surface area contributed by atoms with E-state index in [2.05, 4.69) is 15.6 Å². The molecular weight excluding hydrogens is 440 g/mol. The lowest BCUT2D eigenvalue weighted by molar-refractivity contribution is -0.120. The summed E-state index contributed by atoms with van der Waals surface area (Å²) in [6.07, 6.45) is 3.82. The lowest BCUT2D eigenvalue weighted by Gasteiger charge is -2.06. The number of imidazole rings is 1. The number of amides is 2. The summed E-state index contributed by atoms with van der Waals surface area (Å²) < 4.78 is 7.41. The second kappa shape index (κ2) is 8.80. The van der Waals surface area contributed by atoms with Crippen molar-refractivity contribution >= 4 is 45.7 Å². The maximum atomic E-state index is 12.5. The third-order valence-electron chi connectivity index (χ3n) is 5.16. The lowest BCUT2D eigenvalue weighted by Crippen LogP contribution is -2.24. The van der Waals surface area contributed by atoms with E-state index in [0.29, 0.717) is 22.8 Å². The first-order valence-electron chi connectivity index (χ1n) is 10.3. The molecule has 0 aliphatic carbocycles. The standard InChI is InChI=1S/C25H19ClN4O3/c26-18-7-10-23-28-20(15-30(23)14-18)13-27-24(31)11-16-5-8-19(9-6-16)29-25(32)22-12-17-3-1-2-4-21(17)33-22/h1-10,12,14-15H,11,13H2,(H,27,31)(H,29,32). The molecule has 0 fully saturated rings. The van der Waals surface area contributed by atoms with Crippen molar-refractivity contribution in [3.8, 4) is 0 Å². The van der Waals surface area contributed by atoms with Gasteiger partial charge >= 0.3 is 0 Å². The maximum Gasteiger partial charge on any atom is 0.291 e. The molecule has 5 rings (SSSR count). The first kappa shape index (κ1) is 20.8. The molecule has 8 heteroatoms. The van der Waals surface area contributed by atoms with E-state index < -0.39 is 0 Å². The molecule has 0 aliphatic heterocycles. The number of fused-ring (bicyclic) bond motifs is 2. The largest absolute Gasteiger partial charge is 0.451 e. The van der Waals surface area contributed by atoms with Gasteiger partial charge in [-0.15, -0.1) is 0 Å². The second-order valence-corrected chi connectivity index (χ2v) is 8.03. The van der Waals surface area contributed by atoms with Gasteiger partial charge in [0.25, 0.3) is 5.91 Å². The molecule has 2 aromatic carbocycles. The third kappa shape index (κ3) is 4.73. The molecule has 0 saturated carbocycles. The lowest BCUT2D eigenvalue weighted by atomic mass is 10.1. The smallest absolute Gasteiger partial charge is 0.291 e. The number of hydrogen-bond donors (Lipinski definition) is 2. The van der Waals surface area contributed by atoms with Crippen LogP contribution in [0.2, 0.25) is 5.02 Å². The summed E-state index contributed by atoms with van der Waals surface area (Å²) in [5.41, 5.74) is 3.62. The normalized spacial score (nSPS) is 11.1. The Labute approximate surface area is 194 Å². The Kier molecular flexibility index (Phi) is 5.54. The number of furan rings is 1. The first-order chi connectivity index (χ1) is 16.0. The van der Waals surface area contributed by atoms with Gasteiger partial charge in [0.1, 0.15) is 11.2 Å². The van der Waals surface area contributed by atoms with Crippen molar-refractivity contribution in [2.75, 3.05) is 5.32 Å². The molecule has 0 saturated heterocycles. The molecule has 3 aromatic heterocycles. The number of carbonyl (C=O) groups is 2. The molecule has 7 nitrogen and oxygen atoms in total. The predicted octanol–water partition coefficient (Wildman–Crippen LogP) is 4.85. The number of anilines is 1. The van der Waals surface area contributed by atoms with Gasteiger partial charge in [0, 0.05) is 23.5 Å². The molecule has 33 heavy (non-hydrogen) atoms. The van der Waals surface area contributed by atoms with Crippen molar-refractivity contribution in [3.05, 3.63) is 101 Å². The van der Waals surface area contributed by atoms with Crippen molar-refractivity contribution in [2.24, 2.45) is 0 Å². The molecule has 0 spiro atoms. The van der Waals surface area contributed by atoms with Crippen LogP contribution in [0.4, 0.5) is 5.69 Å². The SMILES string of the molecule is O=C(Cc1ccc(NC(=O)c2cc3ccccc3o2)cc1)NCc1cn2cc(Cl)ccc2n1. The predicted molar refractivity (Wildman–Crippen MR) is 126 cm³/mol. The number of carbonyl (C=O) groups excluding carboxylic acids is 2. The maximum absolute atomic E-state index is 12.5. The fourth-order valence-corrected chi connectivity index (χ4v) is 3.70. The van der Waals surface area contributed by atoms with E-state index in [-0.39, 0.29) is 24.0 Å². The summed E-state index contributed by atoms with van der Waals surface area (Å²) in [6.45, 7) is 0.323. The van der Waals surface area contributed by atoms with Crippen LogP contribution < -0.4 is 10.6 Å². The number of nitrogens with one attached hydrogen (secondary N) is 2. The van der Waals surface area contributed by atoms with Gasteiger partial charge in [0.05, 0.1) is 23.7 Å². The van der Waals surface area contributed by atoms with Crippen LogP contribution in [-0.2, 0) is 17.8 Å². The number of hydrogen-bond acceptors (Lipinski definition) is 4. The second-order valence-electron chi connectivity index (χ2n) is 7.60. The van der Waals surface area contributed by atoms with E-state index in [0.717, 1.165) is 22.3 Å². The van der Waals surface area contributed by atoms with E-state index in [1.165, 1.54) is 0 Å². The van der Waals surface area contributed by atoms with E-state index in [9.17, 15) is 9.59 Å². The molecular formula is C25H19ClN4O3. The number of halogens is 1. The third-order valence-corrected chi connectivity index (χ3v) is 5.38. The van der Waals surface area contributed by atoms with Gasteiger partial charge in [-0.05, 0) is 42.0 Å². The Hall–Kier alpha value is -4.10.